The van der Waals surface area contributed by atoms with Crippen molar-refractivity contribution in [3.05, 3.63) is 11.8 Å². The number of methoxy groups -OCH3 is 1. The first-order valence-electron chi connectivity index (χ1n) is 2.98. The number of rotatable bonds is 3. The Morgan fingerprint density at radius 3 is 2.83 bits per heavy atom. The number of carbonyl (C=O) groups excluding carboxylic acids is 1. The summed E-state index contributed by atoms with van der Waals surface area (Å²) >= 11 is 6.09. The molecule has 1 rings (SSSR count). The molecule has 1 aromatic heterocycles. The van der Waals surface area contributed by atoms with Crippen LogP contribution in [-0.2, 0) is 0 Å². The molecule has 0 unspecified atom stereocenters. The second-order valence-corrected chi connectivity index (χ2v) is 4.96. The molecule has 0 aliphatic rings. The minimum atomic E-state index is -0.456. The van der Waals surface area contributed by atoms with Crippen molar-refractivity contribution in [2.45, 2.75) is 3.74 Å². The summed E-state index contributed by atoms with van der Waals surface area (Å²) in [5.74, 6) is 0.218. The van der Waals surface area contributed by atoms with E-state index >= 15 is 0 Å². The molecule has 0 saturated heterocycles. The van der Waals surface area contributed by atoms with E-state index in [-0.39, 0.29) is 11.5 Å². The molecule has 0 spiro atoms. The summed E-state index contributed by atoms with van der Waals surface area (Å²) in [5, 5.41) is 3.48. The lowest BCUT2D eigenvalue weighted by molar-refractivity contribution is 0.0978. The first kappa shape index (κ1) is 9.73. The molecule has 0 aliphatic carbocycles. The van der Waals surface area contributed by atoms with Crippen LogP contribution in [0, 0.1) is 0 Å². The lowest BCUT2D eigenvalue weighted by Crippen LogP contribution is -2.05. The predicted octanol–water partition coefficient (Wildman–Crippen LogP) is 1.98. The molecule has 0 atom stereocenters. The number of ketones is 1. The van der Waals surface area contributed by atoms with Gasteiger partial charge in [-0.3, -0.25) is 4.79 Å². The van der Waals surface area contributed by atoms with Gasteiger partial charge >= 0.3 is 0 Å². The van der Waals surface area contributed by atoms with E-state index in [1.54, 1.807) is 0 Å². The maximum absolute atomic E-state index is 11.2. The van der Waals surface area contributed by atoms with Gasteiger partial charge in [-0.05, 0) is 5.16 Å². The summed E-state index contributed by atoms with van der Waals surface area (Å²) in [6.07, 6.45) is 0. The Hall–Kier alpha value is -0.360. The molecule has 0 aliphatic heterocycles. The fraction of sp³-hybridized carbons (Fsp3) is 0.333. The zero-order valence-electron chi connectivity index (χ0n) is 6.08. The van der Waals surface area contributed by atoms with Gasteiger partial charge in [0.1, 0.15) is 3.74 Å². The molecule has 0 saturated carbocycles. The summed E-state index contributed by atoms with van der Waals surface area (Å²) in [5.41, 5.74) is 0. The minimum Gasteiger partial charge on any atom is -0.479 e. The molecular weight excluding hydrogens is 294 g/mol. The Kier molecular flexibility index (Phi) is 3.28. The fourth-order valence-corrected chi connectivity index (χ4v) is 1.03. The number of carbonyl (C=O) groups is 1. The van der Waals surface area contributed by atoms with Crippen molar-refractivity contribution in [2.75, 3.05) is 7.11 Å². The van der Waals surface area contributed by atoms with E-state index in [4.69, 9.17) is 9.26 Å². The molecule has 0 fully saturated rings. The van der Waals surface area contributed by atoms with E-state index < -0.39 is 3.74 Å². The van der Waals surface area contributed by atoms with Crippen LogP contribution in [-0.4, -0.2) is 21.8 Å². The first-order chi connectivity index (χ1) is 5.65. The maximum atomic E-state index is 11.2. The number of halogens is 2. The third-order valence-electron chi connectivity index (χ3n) is 1.14. The molecular formula is C6H5Br2NO3. The average Bonchev–Trinajstić information content (AvgIpc) is 2.50. The smallest absolute Gasteiger partial charge is 0.254 e. The van der Waals surface area contributed by atoms with Gasteiger partial charge in [0.05, 0.1) is 13.2 Å². The number of ether oxygens (including phenoxy) is 1. The quantitative estimate of drug-likeness (QED) is 0.632. The van der Waals surface area contributed by atoms with Crippen molar-refractivity contribution in [3.63, 3.8) is 0 Å². The third kappa shape index (κ3) is 2.07. The van der Waals surface area contributed by atoms with Crippen LogP contribution < -0.4 is 4.74 Å². The molecule has 1 aromatic rings. The highest BCUT2D eigenvalue weighted by atomic mass is 79.9. The van der Waals surface area contributed by atoms with E-state index in [9.17, 15) is 4.79 Å². The van der Waals surface area contributed by atoms with Gasteiger partial charge < -0.3 is 9.26 Å². The standard InChI is InChI=1S/C6H5Br2NO3/c1-11-4-2-3(12-9-4)5(10)6(7)8/h2,6H,1H3. The zero-order chi connectivity index (χ0) is 9.14. The van der Waals surface area contributed by atoms with Gasteiger partial charge in [0.15, 0.2) is 0 Å². The molecule has 0 bridgehead atoms. The van der Waals surface area contributed by atoms with E-state index in [0.717, 1.165) is 0 Å². The monoisotopic (exact) mass is 297 g/mol. The van der Waals surface area contributed by atoms with Crippen molar-refractivity contribution in [1.29, 1.82) is 0 Å². The van der Waals surface area contributed by atoms with Gasteiger partial charge in [0.2, 0.25) is 11.5 Å². The van der Waals surface area contributed by atoms with Gasteiger partial charge in [-0.25, -0.2) is 0 Å². The van der Waals surface area contributed by atoms with Gasteiger partial charge in [-0.15, -0.1) is 0 Å². The molecule has 12 heavy (non-hydrogen) atoms. The second-order valence-electron chi connectivity index (χ2n) is 1.90. The number of alkyl halides is 2. The van der Waals surface area contributed by atoms with E-state index in [1.807, 2.05) is 0 Å². The van der Waals surface area contributed by atoms with Crippen LogP contribution in [0.4, 0.5) is 0 Å². The highest BCUT2D eigenvalue weighted by molar-refractivity contribution is 9.25. The maximum Gasteiger partial charge on any atom is 0.254 e. The van der Waals surface area contributed by atoms with E-state index in [1.165, 1.54) is 13.2 Å². The molecule has 66 valence electrons. The second kappa shape index (κ2) is 4.04. The van der Waals surface area contributed by atoms with Crippen LogP contribution in [0.5, 0.6) is 5.88 Å². The Morgan fingerprint density at radius 2 is 2.42 bits per heavy atom. The zero-order valence-corrected chi connectivity index (χ0v) is 9.25. The topological polar surface area (TPSA) is 52.3 Å². The molecule has 6 heteroatoms. The van der Waals surface area contributed by atoms with Gasteiger partial charge in [0, 0.05) is 0 Å². The number of Topliss-reactive ketones (excluding diaryl/α,β-unsaturated/α-hetero) is 1. The molecule has 4 nitrogen and oxygen atoms in total. The highest BCUT2D eigenvalue weighted by Gasteiger charge is 2.18. The summed E-state index contributed by atoms with van der Waals surface area (Å²) in [7, 11) is 1.45. The lowest BCUT2D eigenvalue weighted by atomic mass is 10.3. The first-order valence-corrected chi connectivity index (χ1v) is 4.81. The Morgan fingerprint density at radius 1 is 1.75 bits per heavy atom. The van der Waals surface area contributed by atoms with E-state index in [2.05, 4.69) is 37.0 Å². The van der Waals surface area contributed by atoms with Crippen LogP contribution in [0.25, 0.3) is 0 Å². The van der Waals surface area contributed by atoms with Crippen molar-refractivity contribution in [3.8, 4) is 5.88 Å². The van der Waals surface area contributed by atoms with Crippen LogP contribution in [0.2, 0.25) is 0 Å². The number of nitrogens with zero attached hydrogens (tertiary/aromatic N) is 1. The van der Waals surface area contributed by atoms with Crippen molar-refractivity contribution >= 4 is 37.6 Å². The van der Waals surface area contributed by atoms with Crippen molar-refractivity contribution in [2.24, 2.45) is 0 Å². The fourth-order valence-electron chi connectivity index (χ4n) is 0.579. The largest absolute Gasteiger partial charge is 0.479 e. The SMILES string of the molecule is COc1cc(C(=O)C(Br)Br)on1. The van der Waals surface area contributed by atoms with Crippen LogP contribution in [0.15, 0.2) is 10.6 Å². The number of aromatic nitrogens is 1. The van der Waals surface area contributed by atoms with Gasteiger partial charge in [-0.2, -0.15) is 0 Å². The number of hydrogen-bond donors (Lipinski definition) is 0. The summed E-state index contributed by atoms with van der Waals surface area (Å²) in [4.78, 5) is 11.2. The van der Waals surface area contributed by atoms with Gasteiger partial charge in [0.25, 0.3) is 5.88 Å². The van der Waals surface area contributed by atoms with Crippen molar-refractivity contribution in [1.82, 2.24) is 5.16 Å². The lowest BCUT2D eigenvalue weighted by Gasteiger charge is -1.92. The molecule has 0 N–H and O–H groups in total. The third-order valence-corrected chi connectivity index (χ3v) is 1.97. The highest BCUT2D eigenvalue weighted by Crippen LogP contribution is 2.18. The minimum absolute atomic E-state index is 0.158. The summed E-state index contributed by atoms with van der Waals surface area (Å²) < 4.78 is 8.98. The Balaban J connectivity index is 2.82. The molecule has 0 aromatic carbocycles. The van der Waals surface area contributed by atoms with Crippen LogP contribution >= 0.6 is 31.9 Å². The predicted molar refractivity (Wildman–Crippen MR) is 49.0 cm³/mol. The molecule has 1 heterocycles. The number of hydrogen-bond acceptors (Lipinski definition) is 4. The van der Waals surface area contributed by atoms with Crippen LogP contribution in [0.3, 0.4) is 0 Å². The Labute approximate surface area is 85.5 Å². The average molecular weight is 299 g/mol. The molecule has 0 radical (unpaired) electrons. The van der Waals surface area contributed by atoms with Gasteiger partial charge in [-0.1, -0.05) is 31.9 Å². The van der Waals surface area contributed by atoms with Crippen molar-refractivity contribution < 1.29 is 14.1 Å². The van der Waals surface area contributed by atoms with E-state index in [0.29, 0.717) is 5.88 Å². The Bertz CT molecular complexity index is 284. The van der Waals surface area contributed by atoms with Crippen LogP contribution in [0.1, 0.15) is 10.6 Å². The molecule has 0 amide bonds. The summed E-state index contributed by atoms with van der Waals surface area (Å²) in [6.45, 7) is 0. The normalized spacial score (nSPS) is 10.3. The summed E-state index contributed by atoms with van der Waals surface area (Å²) in [6, 6.07) is 1.43.